The van der Waals surface area contributed by atoms with Crippen LogP contribution in [-0.2, 0) is 0 Å². The van der Waals surface area contributed by atoms with Crippen molar-refractivity contribution in [1.29, 1.82) is 10.5 Å². The normalized spacial score (nSPS) is 10.5. The van der Waals surface area contributed by atoms with E-state index in [9.17, 15) is 4.39 Å². The van der Waals surface area contributed by atoms with Gasteiger partial charge in [0.1, 0.15) is 41.8 Å². The summed E-state index contributed by atoms with van der Waals surface area (Å²) in [4.78, 5) is 4.55. The largest absolute Gasteiger partial charge is 0.491 e. The number of fused-ring (bicyclic) bond motifs is 1. The summed E-state index contributed by atoms with van der Waals surface area (Å²) in [7, 11) is 0. The Morgan fingerprint density at radius 2 is 1.81 bits per heavy atom. The molecule has 0 bridgehead atoms. The molecule has 0 spiro atoms. The van der Waals surface area contributed by atoms with E-state index in [1.54, 1.807) is 17.4 Å². The number of benzene rings is 2. The van der Waals surface area contributed by atoms with Gasteiger partial charge < -0.3 is 4.74 Å². The molecule has 0 N–H and O–H groups in total. The zero-order chi connectivity index (χ0) is 19.1. The minimum Gasteiger partial charge on any atom is -0.491 e. The van der Waals surface area contributed by atoms with Crippen LogP contribution < -0.4 is 4.74 Å². The van der Waals surface area contributed by atoms with Crippen LogP contribution in [0.3, 0.4) is 0 Å². The second kappa shape index (κ2) is 8.75. The first-order chi connectivity index (χ1) is 13.2. The molecule has 132 valence electrons. The van der Waals surface area contributed by atoms with Gasteiger partial charge in [0.2, 0.25) is 0 Å². The van der Waals surface area contributed by atoms with Gasteiger partial charge in [-0.3, -0.25) is 0 Å². The lowest BCUT2D eigenvalue weighted by molar-refractivity contribution is 0.273. The Labute approximate surface area is 160 Å². The van der Waals surface area contributed by atoms with E-state index in [0.29, 0.717) is 5.75 Å². The van der Waals surface area contributed by atoms with E-state index in [1.807, 2.05) is 66.8 Å². The van der Waals surface area contributed by atoms with Crippen molar-refractivity contribution in [2.75, 3.05) is 13.3 Å². The number of thiazole rings is 1. The number of rotatable bonds is 6. The van der Waals surface area contributed by atoms with Crippen molar-refractivity contribution in [1.82, 2.24) is 4.98 Å². The maximum Gasteiger partial charge on any atom is 0.130 e. The Balaban J connectivity index is 1.75. The molecule has 0 saturated heterocycles. The molecule has 0 radical (unpaired) electrons. The molecule has 0 fully saturated rings. The van der Waals surface area contributed by atoms with Crippen LogP contribution in [0.5, 0.6) is 5.75 Å². The molecule has 0 atom stereocenters. The Hall–Kier alpha value is -3.48. The third kappa shape index (κ3) is 4.78. The summed E-state index contributed by atoms with van der Waals surface area (Å²) in [6.07, 6.45) is 5.42. The van der Waals surface area contributed by atoms with E-state index in [1.165, 1.54) is 0 Å². The molecule has 1 heterocycles. The Morgan fingerprint density at radius 1 is 1.07 bits per heavy atom. The fourth-order valence-electron chi connectivity index (χ4n) is 2.37. The second-order valence-corrected chi connectivity index (χ2v) is 6.56. The number of hydrogen-bond acceptors (Lipinski definition) is 5. The van der Waals surface area contributed by atoms with E-state index in [0.717, 1.165) is 26.4 Å². The average molecular weight is 375 g/mol. The third-order valence-electron chi connectivity index (χ3n) is 3.63. The van der Waals surface area contributed by atoms with Crippen LogP contribution in [-0.4, -0.2) is 18.3 Å². The molecule has 0 amide bonds. The van der Waals surface area contributed by atoms with Gasteiger partial charge in [-0.25, -0.2) is 9.37 Å². The van der Waals surface area contributed by atoms with Crippen molar-refractivity contribution in [3.8, 4) is 17.9 Å². The number of alkyl halides is 1. The number of halogens is 1. The number of allylic oxidation sites excluding steroid dienone is 1. The third-order valence-corrected chi connectivity index (χ3v) is 4.63. The fourth-order valence-corrected chi connectivity index (χ4v) is 3.22. The summed E-state index contributed by atoms with van der Waals surface area (Å²) >= 11 is 1.56. The molecule has 0 aliphatic heterocycles. The Kier molecular flexibility index (Phi) is 5.94. The molecule has 2 aromatic carbocycles. The van der Waals surface area contributed by atoms with Crippen LogP contribution in [0.2, 0.25) is 0 Å². The van der Waals surface area contributed by atoms with Crippen LogP contribution in [0.25, 0.3) is 28.4 Å². The predicted molar refractivity (Wildman–Crippen MR) is 106 cm³/mol. The first kappa shape index (κ1) is 18.3. The average Bonchev–Trinajstić information content (AvgIpc) is 3.12. The maximum absolute atomic E-state index is 12.2. The lowest BCUT2D eigenvalue weighted by Crippen LogP contribution is -1.97. The summed E-state index contributed by atoms with van der Waals surface area (Å²) in [5, 5.41) is 18.4. The zero-order valence-corrected chi connectivity index (χ0v) is 15.0. The smallest absolute Gasteiger partial charge is 0.130 e. The van der Waals surface area contributed by atoms with Crippen molar-refractivity contribution in [3.05, 3.63) is 64.2 Å². The molecule has 0 aliphatic rings. The second-order valence-electron chi connectivity index (χ2n) is 5.50. The maximum atomic E-state index is 12.2. The van der Waals surface area contributed by atoms with Crippen molar-refractivity contribution >= 4 is 39.8 Å². The van der Waals surface area contributed by atoms with Crippen molar-refractivity contribution in [2.45, 2.75) is 0 Å². The van der Waals surface area contributed by atoms with Gasteiger partial charge in [-0.15, -0.1) is 11.3 Å². The van der Waals surface area contributed by atoms with Crippen LogP contribution in [0.15, 0.2) is 48.0 Å². The summed E-state index contributed by atoms with van der Waals surface area (Å²) in [6, 6.07) is 16.7. The molecule has 4 nitrogen and oxygen atoms in total. The van der Waals surface area contributed by atoms with Crippen LogP contribution in [0.1, 0.15) is 16.1 Å². The Bertz CT molecular complexity index is 1070. The molecular weight excluding hydrogens is 361 g/mol. The number of ether oxygens (including phenoxy) is 1. The highest BCUT2D eigenvalue weighted by molar-refractivity contribution is 7.19. The highest BCUT2D eigenvalue weighted by atomic mass is 32.1. The first-order valence-electron chi connectivity index (χ1n) is 8.11. The Morgan fingerprint density at radius 3 is 2.52 bits per heavy atom. The summed E-state index contributed by atoms with van der Waals surface area (Å²) in [5.74, 6) is 0.610. The van der Waals surface area contributed by atoms with Gasteiger partial charge >= 0.3 is 0 Å². The highest BCUT2D eigenvalue weighted by Crippen LogP contribution is 2.27. The molecule has 3 aromatic rings. The quantitative estimate of drug-likeness (QED) is 0.552. The van der Waals surface area contributed by atoms with Crippen LogP contribution in [0, 0.1) is 22.7 Å². The van der Waals surface area contributed by atoms with Gasteiger partial charge in [0.05, 0.1) is 10.2 Å². The SMILES string of the molecule is N#CC(C#N)=Cc1ccc(/C=C/c2nc3cc(OCCF)ccc3s2)cc1. The van der Waals surface area contributed by atoms with Crippen LogP contribution >= 0.6 is 11.3 Å². The molecule has 1 aromatic heterocycles. The van der Waals surface area contributed by atoms with Gasteiger partial charge in [-0.1, -0.05) is 30.3 Å². The van der Waals surface area contributed by atoms with E-state index < -0.39 is 6.67 Å². The number of hydrogen-bond donors (Lipinski definition) is 0. The van der Waals surface area contributed by atoms with E-state index in [2.05, 4.69) is 4.98 Å². The number of nitrogens with zero attached hydrogens (tertiary/aromatic N) is 3. The number of aromatic nitrogens is 1. The van der Waals surface area contributed by atoms with Crippen LogP contribution in [0.4, 0.5) is 4.39 Å². The van der Waals surface area contributed by atoms with E-state index in [-0.39, 0.29) is 12.2 Å². The minimum absolute atomic E-state index is 0.0395. The molecule has 3 rings (SSSR count). The van der Waals surface area contributed by atoms with Gasteiger partial charge in [0, 0.05) is 6.07 Å². The van der Waals surface area contributed by atoms with Gasteiger partial charge in [0.25, 0.3) is 0 Å². The minimum atomic E-state index is -0.522. The lowest BCUT2D eigenvalue weighted by Gasteiger charge is -2.01. The molecular formula is C21H14FN3OS. The molecule has 0 saturated carbocycles. The number of nitriles is 2. The predicted octanol–water partition coefficient (Wildman–Crippen LogP) is 5.25. The van der Waals surface area contributed by atoms with Crippen molar-refractivity contribution in [3.63, 3.8) is 0 Å². The molecule has 27 heavy (non-hydrogen) atoms. The van der Waals surface area contributed by atoms with Crippen molar-refractivity contribution in [2.24, 2.45) is 0 Å². The van der Waals surface area contributed by atoms with Gasteiger partial charge in [-0.05, 0) is 35.4 Å². The van der Waals surface area contributed by atoms with Gasteiger partial charge in [-0.2, -0.15) is 10.5 Å². The van der Waals surface area contributed by atoms with E-state index >= 15 is 0 Å². The summed E-state index contributed by atoms with van der Waals surface area (Å²) in [5.41, 5.74) is 2.67. The molecule has 0 aliphatic carbocycles. The highest BCUT2D eigenvalue weighted by Gasteiger charge is 2.03. The molecule has 6 heteroatoms. The lowest BCUT2D eigenvalue weighted by atomic mass is 10.1. The topological polar surface area (TPSA) is 69.7 Å². The zero-order valence-electron chi connectivity index (χ0n) is 14.2. The first-order valence-corrected chi connectivity index (χ1v) is 8.93. The summed E-state index contributed by atoms with van der Waals surface area (Å²) in [6.45, 7) is -0.482. The standard InChI is InChI=1S/C21H14FN3OS/c22-9-10-26-18-6-7-20-19(12-18)25-21(27-20)8-5-15-1-3-16(4-2-15)11-17(13-23)14-24/h1-8,11-12H,9-10H2/b8-5+. The van der Waals surface area contributed by atoms with Crippen molar-refractivity contribution < 1.29 is 9.13 Å². The summed E-state index contributed by atoms with van der Waals surface area (Å²) < 4.78 is 18.5. The monoisotopic (exact) mass is 375 g/mol. The van der Waals surface area contributed by atoms with Gasteiger partial charge in [0.15, 0.2) is 0 Å². The molecule has 0 unspecified atom stereocenters. The van der Waals surface area contributed by atoms with E-state index in [4.69, 9.17) is 15.3 Å². The fraction of sp³-hybridized carbons (Fsp3) is 0.0952.